The molecule has 0 bridgehead atoms. The van der Waals surface area contributed by atoms with Crippen molar-refractivity contribution in [2.24, 2.45) is 0 Å². The second-order valence-electron chi connectivity index (χ2n) is 5.32. The minimum absolute atomic E-state index is 0.0757. The van der Waals surface area contributed by atoms with Gasteiger partial charge in [0, 0.05) is 12.6 Å². The van der Waals surface area contributed by atoms with Crippen molar-refractivity contribution in [1.82, 2.24) is 10.6 Å². The number of aliphatic hydroxyl groups excluding tert-OH is 1. The number of hydrogen-bond acceptors (Lipinski definition) is 4. The lowest BCUT2D eigenvalue weighted by Gasteiger charge is -2.14. The van der Waals surface area contributed by atoms with Crippen LogP contribution in [0.1, 0.15) is 26.3 Å². The summed E-state index contributed by atoms with van der Waals surface area (Å²) in [6.07, 6.45) is 0.341. The molecule has 0 fully saturated rings. The van der Waals surface area contributed by atoms with Crippen LogP contribution >= 0.6 is 0 Å². The number of rotatable bonds is 9. The summed E-state index contributed by atoms with van der Waals surface area (Å²) in [7, 11) is 0. The van der Waals surface area contributed by atoms with Gasteiger partial charge < -0.3 is 20.5 Å². The number of nitrogens with one attached hydrogen (secondary N) is 2. The minimum atomic E-state index is -0.650. The van der Waals surface area contributed by atoms with Gasteiger partial charge in [0.25, 0.3) is 0 Å². The van der Waals surface area contributed by atoms with Crippen molar-refractivity contribution in [2.45, 2.75) is 39.3 Å². The second kappa shape index (κ2) is 9.37. The molecule has 0 radical (unpaired) electrons. The number of ether oxygens (including phenoxy) is 1. The molecule has 0 aliphatic rings. The van der Waals surface area contributed by atoms with Crippen molar-refractivity contribution in [2.75, 3.05) is 19.7 Å². The maximum Gasteiger partial charge on any atom is 0.234 e. The molecule has 0 aliphatic heterocycles. The summed E-state index contributed by atoms with van der Waals surface area (Å²) < 4.78 is 5.50. The molecular weight excluding hydrogens is 268 g/mol. The van der Waals surface area contributed by atoms with E-state index in [1.54, 1.807) is 0 Å². The average molecular weight is 294 g/mol. The van der Waals surface area contributed by atoms with E-state index >= 15 is 0 Å². The Bertz CT molecular complexity index is 418. The third kappa shape index (κ3) is 7.68. The molecule has 0 aliphatic carbocycles. The summed E-state index contributed by atoms with van der Waals surface area (Å²) in [6, 6.07) is 7.94. The first-order chi connectivity index (χ1) is 10.0. The van der Waals surface area contributed by atoms with E-state index in [2.05, 4.69) is 17.6 Å². The number of amides is 1. The van der Waals surface area contributed by atoms with Gasteiger partial charge in [-0.2, -0.15) is 0 Å². The molecule has 0 aromatic heterocycles. The Kier molecular flexibility index (Phi) is 7.79. The highest BCUT2D eigenvalue weighted by Gasteiger charge is 2.07. The lowest BCUT2D eigenvalue weighted by Crippen LogP contribution is -2.41. The quantitative estimate of drug-likeness (QED) is 0.638. The van der Waals surface area contributed by atoms with Gasteiger partial charge in [0.2, 0.25) is 5.91 Å². The Balaban J connectivity index is 2.18. The third-order valence-electron chi connectivity index (χ3n) is 2.89. The average Bonchev–Trinajstić information content (AvgIpc) is 2.45. The maximum atomic E-state index is 11.4. The van der Waals surface area contributed by atoms with Crippen molar-refractivity contribution >= 4 is 5.91 Å². The molecule has 1 unspecified atom stereocenters. The van der Waals surface area contributed by atoms with Crippen molar-refractivity contribution in [3.63, 3.8) is 0 Å². The van der Waals surface area contributed by atoms with E-state index in [0.29, 0.717) is 6.54 Å². The highest BCUT2D eigenvalue weighted by Crippen LogP contribution is 2.12. The molecule has 5 nitrogen and oxygen atoms in total. The Morgan fingerprint density at radius 1 is 1.29 bits per heavy atom. The molecule has 1 amide bonds. The van der Waals surface area contributed by atoms with Gasteiger partial charge in [-0.3, -0.25) is 4.79 Å². The van der Waals surface area contributed by atoms with Crippen LogP contribution in [0.5, 0.6) is 5.75 Å². The maximum absolute atomic E-state index is 11.4. The van der Waals surface area contributed by atoms with Gasteiger partial charge in [-0.15, -0.1) is 0 Å². The normalized spacial score (nSPS) is 12.2. The molecule has 1 aromatic carbocycles. The van der Waals surface area contributed by atoms with E-state index < -0.39 is 6.10 Å². The monoisotopic (exact) mass is 294 g/mol. The number of carbonyl (C=O) groups excluding carboxylic acids is 1. The van der Waals surface area contributed by atoms with Gasteiger partial charge in [-0.25, -0.2) is 0 Å². The summed E-state index contributed by atoms with van der Waals surface area (Å²) >= 11 is 0. The van der Waals surface area contributed by atoms with Crippen molar-refractivity contribution in [3.05, 3.63) is 29.8 Å². The van der Waals surface area contributed by atoms with Crippen LogP contribution in [0.15, 0.2) is 24.3 Å². The lowest BCUT2D eigenvalue weighted by atomic mass is 10.2. The summed E-state index contributed by atoms with van der Waals surface area (Å²) in [5.74, 6) is 0.664. The van der Waals surface area contributed by atoms with Crippen LogP contribution in [0.25, 0.3) is 0 Å². The van der Waals surface area contributed by atoms with Crippen LogP contribution in [0.4, 0.5) is 0 Å². The highest BCUT2D eigenvalue weighted by molar-refractivity contribution is 5.78. The number of aliphatic hydroxyl groups is 1. The number of hydrogen-bond donors (Lipinski definition) is 3. The molecule has 118 valence electrons. The van der Waals surface area contributed by atoms with Crippen molar-refractivity contribution < 1.29 is 14.6 Å². The fourth-order valence-corrected chi connectivity index (χ4v) is 1.80. The largest absolute Gasteiger partial charge is 0.491 e. The molecule has 1 atom stereocenters. The van der Waals surface area contributed by atoms with Crippen molar-refractivity contribution in [1.29, 1.82) is 0 Å². The van der Waals surface area contributed by atoms with Crippen LogP contribution in [0, 0.1) is 0 Å². The van der Waals surface area contributed by atoms with Gasteiger partial charge in [0.05, 0.1) is 6.54 Å². The summed E-state index contributed by atoms with van der Waals surface area (Å²) in [5.41, 5.74) is 1.25. The molecule has 1 aromatic rings. The topological polar surface area (TPSA) is 70.6 Å². The minimum Gasteiger partial charge on any atom is -0.491 e. The van der Waals surface area contributed by atoms with Crippen molar-refractivity contribution in [3.8, 4) is 5.75 Å². The standard InChI is InChI=1S/C16H26N2O3/c1-4-13-5-7-15(8-6-13)21-11-14(19)9-17-10-16(20)18-12(2)3/h5-8,12,14,17,19H,4,9-11H2,1-3H3,(H,18,20). The van der Waals surface area contributed by atoms with Gasteiger partial charge in [0.15, 0.2) is 0 Å². The first-order valence-electron chi connectivity index (χ1n) is 7.41. The van der Waals surface area contributed by atoms with Crippen LogP contribution in [0.2, 0.25) is 0 Å². The van der Waals surface area contributed by atoms with Crippen LogP contribution < -0.4 is 15.4 Å². The third-order valence-corrected chi connectivity index (χ3v) is 2.89. The first kappa shape index (κ1) is 17.5. The highest BCUT2D eigenvalue weighted by atomic mass is 16.5. The molecule has 0 spiro atoms. The summed E-state index contributed by atoms with van der Waals surface area (Å²) in [5, 5.41) is 15.5. The Labute approximate surface area is 126 Å². The van der Waals surface area contributed by atoms with Crippen LogP contribution in [-0.2, 0) is 11.2 Å². The number of aryl methyl sites for hydroxylation is 1. The lowest BCUT2D eigenvalue weighted by molar-refractivity contribution is -0.120. The van der Waals surface area contributed by atoms with Crippen LogP contribution in [0.3, 0.4) is 0 Å². The van der Waals surface area contributed by atoms with E-state index in [4.69, 9.17) is 4.74 Å². The summed E-state index contributed by atoms with van der Waals surface area (Å²) in [4.78, 5) is 11.4. The first-order valence-corrected chi connectivity index (χ1v) is 7.41. The molecule has 21 heavy (non-hydrogen) atoms. The zero-order valence-electron chi connectivity index (χ0n) is 13.1. The van der Waals surface area contributed by atoms with Gasteiger partial charge in [0.1, 0.15) is 18.5 Å². The smallest absolute Gasteiger partial charge is 0.234 e. The molecule has 0 heterocycles. The number of benzene rings is 1. The van der Waals surface area contributed by atoms with E-state index in [-0.39, 0.29) is 25.1 Å². The SMILES string of the molecule is CCc1ccc(OCC(O)CNCC(=O)NC(C)C)cc1. The molecule has 3 N–H and O–H groups in total. The van der Waals surface area contributed by atoms with Gasteiger partial charge in [-0.1, -0.05) is 19.1 Å². The van der Waals surface area contributed by atoms with Crippen LogP contribution in [-0.4, -0.2) is 42.9 Å². The fourth-order valence-electron chi connectivity index (χ4n) is 1.80. The fraction of sp³-hybridized carbons (Fsp3) is 0.562. The zero-order chi connectivity index (χ0) is 15.7. The van der Waals surface area contributed by atoms with E-state index in [1.165, 1.54) is 5.56 Å². The molecule has 0 saturated heterocycles. The predicted molar refractivity (Wildman–Crippen MR) is 83.5 cm³/mol. The molecule has 5 heteroatoms. The Morgan fingerprint density at radius 2 is 1.95 bits per heavy atom. The Morgan fingerprint density at radius 3 is 2.52 bits per heavy atom. The molecular formula is C16H26N2O3. The predicted octanol–water partition coefficient (Wildman–Crippen LogP) is 1.10. The van der Waals surface area contributed by atoms with Gasteiger partial charge in [-0.05, 0) is 38.0 Å². The Hall–Kier alpha value is -1.59. The summed E-state index contributed by atoms with van der Waals surface area (Å²) in [6.45, 7) is 6.62. The molecule has 1 rings (SSSR count). The zero-order valence-corrected chi connectivity index (χ0v) is 13.1. The van der Waals surface area contributed by atoms with E-state index in [9.17, 15) is 9.90 Å². The second-order valence-corrected chi connectivity index (χ2v) is 5.32. The van der Waals surface area contributed by atoms with E-state index in [0.717, 1.165) is 12.2 Å². The van der Waals surface area contributed by atoms with Gasteiger partial charge >= 0.3 is 0 Å². The van der Waals surface area contributed by atoms with E-state index in [1.807, 2.05) is 38.1 Å². The number of carbonyl (C=O) groups is 1. The molecule has 0 saturated carbocycles.